The summed E-state index contributed by atoms with van der Waals surface area (Å²) in [5.41, 5.74) is 2.99. The highest BCUT2D eigenvalue weighted by Crippen LogP contribution is 2.23. The van der Waals surface area contributed by atoms with Gasteiger partial charge in [-0.15, -0.1) is 0 Å². The molecule has 0 aliphatic carbocycles. The Labute approximate surface area is 247 Å². The molecule has 230 valence electrons. The number of nitrogens with zero attached hydrogens (tertiary/aromatic N) is 1. The molecule has 0 spiro atoms. The average Bonchev–Trinajstić information content (AvgIpc) is 3.22. The van der Waals surface area contributed by atoms with Crippen molar-refractivity contribution in [2.45, 2.75) is 71.1 Å². The highest BCUT2D eigenvalue weighted by Gasteiger charge is 2.51. The number of amides is 3. The van der Waals surface area contributed by atoms with Gasteiger partial charge < -0.3 is 25.4 Å². The molecule has 1 heterocycles. The summed E-state index contributed by atoms with van der Waals surface area (Å²) in [6.07, 6.45) is 6.20. The van der Waals surface area contributed by atoms with Crippen molar-refractivity contribution in [1.29, 1.82) is 0 Å². The third-order valence-corrected chi connectivity index (χ3v) is 7.14. The number of rotatable bonds is 19. The third-order valence-electron chi connectivity index (χ3n) is 7.14. The van der Waals surface area contributed by atoms with Gasteiger partial charge in [-0.25, -0.2) is 14.9 Å². The first-order valence-corrected chi connectivity index (χ1v) is 14.6. The number of hydroxylamine groups is 3. The predicted molar refractivity (Wildman–Crippen MR) is 155 cm³/mol. The number of carbonyl (C=O) groups excluding carboxylic acids is 3. The first-order valence-electron chi connectivity index (χ1n) is 14.6. The molecule has 42 heavy (non-hydrogen) atoms. The van der Waals surface area contributed by atoms with E-state index in [0.717, 1.165) is 69.2 Å². The number of unbranched alkanes of at least 4 members (excludes halogenated alkanes) is 4. The lowest BCUT2D eigenvalue weighted by Crippen LogP contribution is -2.50. The van der Waals surface area contributed by atoms with E-state index in [2.05, 4.69) is 10.6 Å². The van der Waals surface area contributed by atoms with Crippen molar-refractivity contribution < 1.29 is 43.9 Å². The summed E-state index contributed by atoms with van der Waals surface area (Å²) in [6, 6.07) is 11.9. The monoisotopic (exact) mass is 586 g/mol. The zero-order valence-electron chi connectivity index (χ0n) is 24.3. The van der Waals surface area contributed by atoms with Gasteiger partial charge in [0.25, 0.3) is 5.91 Å². The van der Waals surface area contributed by atoms with Crippen molar-refractivity contribution in [3.63, 3.8) is 0 Å². The van der Waals surface area contributed by atoms with Crippen LogP contribution >= 0.6 is 0 Å². The van der Waals surface area contributed by atoms with Crippen molar-refractivity contribution in [2.24, 2.45) is 0 Å². The molecule has 3 rings (SSSR count). The molecule has 1 aliphatic rings. The van der Waals surface area contributed by atoms with Gasteiger partial charge in [0.2, 0.25) is 6.54 Å². The van der Waals surface area contributed by atoms with Gasteiger partial charge in [0.1, 0.15) is 5.75 Å². The van der Waals surface area contributed by atoms with Gasteiger partial charge in [-0.05, 0) is 66.6 Å². The van der Waals surface area contributed by atoms with E-state index in [1.54, 1.807) is 12.1 Å². The smallest absolute Gasteiger partial charge is 0.465 e. The molecule has 1 saturated heterocycles. The molecule has 1 unspecified atom stereocenters. The van der Waals surface area contributed by atoms with Crippen LogP contribution in [0.15, 0.2) is 42.5 Å². The van der Waals surface area contributed by atoms with Crippen LogP contribution < -0.4 is 10.6 Å². The second-order valence-corrected chi connectivity index (χ2v) is 10.7. The summed E-state index contributed by atoms with van der Waals surface area (Å²) in [6.45, 7) is 3.46. The van der Waals surface area contributed by atoms with Crippen molar-refractivity contribution in [3.8, 4) is 5.75 Å². The fourth-order valence-electron chi connectivity index (χ4n) is 4.96. The molecule has 1 aliphatic heterocycles. The minimum absolute atomic E-state index is 0.0257. The molecule has 11 nitrogen and oxygen atoms in total. The highest BCUT2D eigenvalue weighted by molar-refractivity contribution is 5.97. The van der Waals surface area contributed by atoms with E-state index in [4.69, 9.17) is 9.57 Å². The Morgan fingerprint density at radius 2 is 1.76 bits per heavy atom. The minimum atomic E-state index is -0.696. The van der Waals surface area contributed by atoms with Crippen LogP contribution in [0.4, 0.5) is 4.79 Å². The minimum Gasteiger partial charge on any atom is -0.508 e. The fourth-order valence-corrected chi connectivity index (χ4v) is 4.96. The van der Waals surface area contributed by atoms with E-state index in [1.807, 2.05) is 24.3 Å². The number of aryl methyl sites for hydroxylation is 1. The van der Waals surface area contributed by atoms with E-state index in [0.29, 0.717) is 24.3 Å². The maximum absolute atomic E-state index is 12.3. The lowest BCUT2D eigenvalue weighted by atomic mass is 10.0. The van der Waals surface area contributed by atoms with E-state index in [-0.39, 0.29) is 25.4 Å². The number of carbonyl (C=O) groups is 3. The number of urea groups is 1. The number of phenols is 1. The van der Waals surface area contributed by atoms with Gasteiger partial charge in [-0.2, -0.15) is 0 Å². The van der Waals surface area contributed by atoms with Crippen LogP contribution in [0, 0.1) is 0 Å². The van der Waals surface area contributed by atoms with E-state index in [1.165, 1.54) is 13.0 Å². The van der Waals surface area contributed by atoms with Gasteiger partial charge in [-0.3, -0.25) is 9.63 Å². The van der Waals surface area contributed by atoms with Crippen LogP contribution in [0.2, 0.25) is 0 Å². The van der Waals surface area contributed by atoms with Crippen LogP contribution in [0.25, 0.3) is 0 Å². The molecule has 1 fully saturated rings. The molecule has 0 radical (unpaired) electrons. The molecular formula is C31H44N3O8+. The van der Waals surface area contributed by atoms with E-state index >= 15 is 0 Å². The number of nitrogens with one attached hydrogen (secondary N) is 2. The zero-order valence-corrected chi connectivity index (χ0v) is 24.3. The Balaban J connectivity index is 1.21. The molecule has 3 amide bonds. The standard InChI is InChI=1S/C31H43N3O8/c1-23(36)42-34(21-30(39)33-31(34)40)20-25-11-8-10-24(17-25)9-4-7-16-41-15-6-3-2-5-14-32-19-29(38)26-12-13-28(37)27(18-26)22-35/h8,10-13,17-18,29,32,35,38H,2-7,9,14-16,19-22H2,1H3,(H-,33,37,39,40)/p+1/t29-,34?/m1/s1. The summed E-state index contributed by atoms with van der Waals surface area (Å²) in [7, 11) is 0. The SMILES string of the molecule is CC(=O)O[N+]1(Cc2cccc(CCCCOCCCCCCNC[C@@H](O)c3ccc(O)c(CO)c3)c2)CC(=O)NC1=O. The summed E-state index contributed by atoms with van der Waals surface area (Å²) < 4.78 is 5.08. The van der Waals surface area contributed by atoms with Gasteiger partial charge in [0, 0.05) is 37.8 Å². The van der Waals surface area contributed by atoms with Crippen LogP contribution in [-0.4, -0.2) is 70.7 Å². The number of aromatic hydroxyl groups is 1. The lowest BCUT2D eigenvalue weighted by molar-refractivity contribution is -1.02. The molecule has 11 heteroatoms. The molecule has 2 aromatic carbocycles. The Kier molecular flexibility index (Phi) is 13.4. The number of ether oxygens (including phenoxy) is 1. The maximum atomic E-state index is 12.3. The van der Waals surface area contributed by atoms with Crippen LogP contribution in [0.1, 0.15) is 73.8 Å². The number of imide groups is 1. The Bertz CT molecular complexity index is 1190. The zero-order chi connectivity index (χ0) is 30.4. The normalized spacial score (nSPS) is 17.3. The van der Waals surface area contributed by atoms with Crippen molar-refractivity contribution in [3.05, 3.63) is 64.7 Å². The van der Waals surface area contributed by atoms with Crippen molar-refractivity contribution in [2.75, 3.05) is 32.8 Å². The molecular weight excluding hydrogens is 542 g/mol. The first-order chi connectivity index (χ1) is 20.2. The molecule has 0 bridgehead atoms. The summed E-state index contributed by atoms with van der Waals surface area (Å²) in [4.78, 5) is 40.9. The van der Waals surface area contributed by atoms with Crippen LogP contribution in [0.3, 0.4) is 0 Å². The predicted octanol–water partition coefficient (Wildman–Crippen LogP) is 3.15. The lowest BCUT2D eigenvalue weighted by Gasteiger charge is -2.24. The second kappa shape index (κ2) is 16.9. The van der Waals surface area contributed by atoms with Gasteiger partial charge >= 0.3 is 12.0 Å². The summed E-state index contributed by atoms with van der Waals surface area (Å²) in [5, 5.41) is 34.6. The third kappa shape index (κ3) is 10.5. The number of hydrogen-bond acceptors (Lipinski definition) is 9. The molecule has 0 aromatic heterocycles. The Hall–Kier alpha value is -3.35. The highest BCUT2D eigenvalue weighted by atomic mass is 16.8. The maximum Gasteiger partial charge on any atom is 0.465 e. The number of quaternary nitrogens is 1. The van der Waals surface area contributed by atoms with E-state index < -0.39 is 28.7 Å². The van der Waals surface area contributed by atoms with Gasteiger partial charge in [0.05, 0.1) is 12.7 Å². The average molecular weight is 587 g/mol. The number of aliphatic hydroxyl groups excluding tert-OH is 2. The number of hydrogen-bond donors (Lipinski definition) is 5. The summed E-state index contributed by atoms with van der Waals surface area (Å²) in [5.74, 6) is -1.06. The summed E-state index contributed by atoms with van der Waals surface area (Å²) >= 11 is 0. The molecule has 0 saturated carbocycles. The Morgan fingerprint density at radius 3 is 2.48 bits per heavy atom. The molecule has 2 aromatic rings. The number of aliphatic hydroxyl groups is 2. The van der Waals surface area contributed by atoms with Gasteiger partial charge in [0.15, 0.2) is 6.54 Å². The van der Waals surface area contributed by atoms with Crippen molar-refractivity contribution >= 4 is 17.9 Å². The first kappa shape index (κ1) is 33.2. The second-order valence-electron chi connectivity index (χ2n) is 10.7. The van der Waals surface area contributed by atoms with Crippen LogP contribution in [0.5, 0.6) is 5.75 Å². The van der Waals surface area contributed by atoms with Crippen molar-refractivity contribution in [1.82, 2.24) is 10.6 Å². The Morgan fingerprint density at radius 1 is 1.02 bits per heavy atom. The quantitative estimate of drug-likeness (QED) is 0.0949. The van der Waals surface area contributed by atoms with Crippen LogP contribution in [-0.2, 0) is 38.7 Å². The topological polar surface area (TPSA) is 154 Å². The van der Waals surface area contributed by atoms with Gasteiger partial charge in [-0.1, -0.05) is 43.2 Å². The largest absolute Gasteiger partial charge is 0.508 e. The fraction of sp³-hybridized carbons (Fsp3) is 0.516. The molecule has 5 N–H and O–H groups in total. The number of benzene rings is 2. The van der Waals surface area contributed by atoms with E-state index in [9.17, 15) is 29.7 Å². The molecule has 2 atom stereocenters.